The number of methoxy groups -OCH3 is 2. The molecule has 0 saturated carbocycles. The number of halogens is 2. The third kappa shape index (κ3) is 4.63. The number of nitrogens with zero attached hydrogens (tertiary/aromatic N) is 1. The SMILES string of the molecule is C=CCC1(CC=C)C(=O)N(Cc2ccc(OC)cc2OC)C(C)(c2cc(Br)ccc2F)CS1(=O)=O. The Kier molecular flexibility index (Phi) is 7.81. The molecule has 1 amide bonds. The van der Waals surface area contributed by atoms with Crippen molar-refractivity contribution in [2.45, 2.75) is 36.6 Å². The van der Waals surface area contributed by atoms with E-state index >= 15 is 4.39 Å². The van der Waals surface area contributed by atoms with E-state index < -0.39 is 37.6 Å². The summed E-state index contributed by atoms with van der Waals surface area (Å²) in [7, 11) is -1.04. The van der Waals surface area contributed by atoms with E-state index in [2.05, 4.69) is 29.1 Å². The molecule has 0 bridgehead atoms. The Bertz CT molecular complexity index is 1250. The zero-order chi connectivity index (χ0) is 26.0. The Morgan fingerprint density at radius 2 is 1.77 bits per heavy atom. The first-order chi connectivity index (χ1) is 16.5. The quantitative estimate of drug-likeness (QED) is 0.392. The summed E-state index contributed by atoms with van der Waals surface area (Å²) >= 11 is 3.35. The van der Waals surface area contributed by atoms with Crippen LogP contribution in [0.15, 0.2) is 66.2 Å². The number of allylic oxidation sites excluding steroid dienone is 2. The summed E-state index contributed by atoms with van der Waals surface area (Å²) in [4.78, 5) is 15.6. The van der Waals surface area contributed by atoms with Gasteiger partial charge in [-0.2, -0.15) is 0 Å². The average Bonchev–Trinajstić information content (AvgIpc) is 2.82. The van der Waals surface area contributed by atoms with Crippen LogP contribution in [-0.2, 0) is 26.7 Å². The molecule has 3 rings (SSSR count). The van der Waals surface area contributed by atoms with Gasteiger partial charge in [-0.15, -0.1) is 13.2 Å². The van der Waals surface area contributed by atoms with Gasteiger partial charge in [0.15, 0.2) is 14.6 Å². The first kappa shape index (κ1) is 26.9. The molecule has 9 heteroatoms. The van der Waals surface area contributed by atoms with Crippen molar-refractivity contribution in [3.8, 4) is 11.5 Å². The lowest BCUT2D eigenvalue weighted by molar-refractivity contribution is -0.142. The Labute approximate surface area is 214 Å². The molecular formula is C26H29BrFNO5S. The highest BCUT2D eigenvalue weighted by Crippen LogP contribution is 2.46. The maximum Gasteiger partial charge on any atom is 0.245 e. The van der Waals surface area contributed by atoms with E-state index in [9.17, 15) is 13.2 Å². The largest absolute Gasteiger partial charge is 0.497 e. The summed E-state index contributed by atoms with van der Waals surface area (Å²) in [6, 6.07) is 9.44. The number of ether oxygens (including phenoxy) is 2. The molecule has 35 heavy (non-hydrogen) atoms. The topological polar surface area (TPSA) is 72.9 Å². The van der Waals surface area contributed by atoms with Crippen molar-refractivity contribution in [3.63, 3.8) is 0 Å². The predicted molar refractivity (Wildman–Crippen MR) is 138 cm³/mol. The molecule has 1 saturated heterocycles. The predicted octanol–water partition coefficient (Wildman–Crippen LogP) is 5.17. The van der Waals surface area contributed by atoms with Crippen molar-refractivity contribution in [3.05, 3.63) is 83.1 Å². The highest BCUT2D eigenvalue weighted by atomic mass is 79.9. The van der Waals surface area contributed by atoms with Gasteiger partial charge in [-0.05, 0) is 50.1 Å². The van der Waals surface area contributed by atoms with Crippen LogP contribution in [0.5, 0.6) is 11.5 Å². The van der Waals surface area contributed by atoms with E-state index in [0.29, 0.717) is 21.5 Å². The lowest BCUT2D eigenvalue weighted by Crippen LogP contribution is -2.67. The summed E-state index contributed by atoms with van der Waals surface area (Å²) in [6.45, 7) is 8.94. The van der Waals surface area contributed by atoms with Crippen LogP contribution in [-0.4, -0.2) is 43.9 Å². The van der Waals surface area contributed by atoms with E-state index in [1.807, 2.05) is 0 Å². The van der Waals surface area contributed by atoms with Crippen molar-refractivity contribution >= 4 is 31.7 Å². The molecular weight excluding hydrogens is 537 g/mol. The number of rotatable bonds is 9. The minimum absolute atomic E-state index is 0.0139. The summed E-state index contributed by atoms with van der Waals surface area (Å²) in [5.74, 6) is -0.694. The third-order valence-corrected chi connectivity index (χ3v) is 9.71. The molecule has 0 spiro atoms. The maximum absolute atomic E-state index is 15.2. The maximum atomic E-state index is 15.2. The number of hydrogen-bond acceptors (Lipinski definition) is 5. The van der Waals surface area contributed by atoms with Gasteiger partial charge in [-0.3, -0.25) is 4.79 Å². The fraction of sp³-hybridized carbons (Fsp3) is 0.346. The molecule has 2 aromatic rings. The molecule has 188 valence electrons. The number of hydrogen-bond donors (Lipinski definition) is 0. The number of amides is 1. The standard InChI is InChI=1S/C26H29BrFNO5S/c1-6-12-26(13-7-2)24(30)29(16-18-8-10-20(33-4)15-23(18)34-5)25(3,17-35(26,31)32)21-14-19(27)9-11-22(21)28/h6-11,14-15H,1-2,12-13,16-17H2,3-5H3. The second kappa shape index (κ2) is 10.1. The average molecular weight is 566 g/mol. The van der Waals surface area contributed by atoms with Crippen LogP contribution in [0, 0.1) is 5.82 Å². The number of sulfone groups is 1. The van der Waals surface area contributed by atoms with Gasteiger partial charge >= 0.3 is 0 Å². The summed E-state index contributed by atoms with van der Waals surface area (Å²) in [6.07, 6.45) is 2.67. The van der Waals surface area contributed by atoms with Crippen LogP contribution in [0.1, 0.15) is 30.9 Å². The van der Waals surface area contributed by atoms with E-state index in [-0.39, 0.29) is 24.9 Å². The van der Waals surface area contributed by atoms with Crippen LogP contribution >= 0.6 is 15.9 Å². The van der Waals surface area contributed by atoms with E-state index in [1.54, 1.807) is 25.1 Å². The molecule has 0 radical (unpaired) electrons. The first-order valence-electron chi connectivity index (χ1n) is 10.9. The number of carbonyl (C=O) groups excluding carboxylic acids is 1. The minimum atomic E-state index is -4.06. The van der Waals surface area contributed by atoms with Gasteiger partial charge < -0.3 is 14.4 Å². The minimum Gasteiger partial charge on any atom is -0.497 e. The molecule has 1 unspecified atom stereocenters. The molecule has 1 fully saturated rings. The van der Waals surface area contributed by atoms with Gasteiger partial charge in [-0.1, -0.05) is 28.1 Å². The normalized spacial score (nSPS) is 20.8. The lowest BCUT2D eigenvalue weighted by atomic mass is 9.87. The Balaban J connectivity index is 2.29. The zero-order valence-electron chi connectivity index (χ0n) is 20.0. The Hall–Kier alpha value is -2.65. The fourth-order valence-electron chi connectivity index (χ4n) is 4.70. The van der Waals surface area contributed by atoms with Crippen LogP contribution < -0.4 is 9.47 Å². The molecule has 0 aromatic heterocycles. The van der Waals surface area contributed by atoms with Crippen molar-refractivity contribution < 1.29 is 27.1 Å². The van der Waals surface area contributed by atoms with Crippen molar-refractivity contribution in [1.29, 1.82) is 0 Å². The monoisotopic (exact) mass is 565 g/mol. The lowest BCUT2D eigenvalue weighted by Gasteiger charge is -2.51. The van der Waals surface area contributed by atoms with Gasteiger partial charge in [0.25, 0.3) is 0 Å². The molecule has 1 atom stereocenters. The van der Waals surface area contributed by atoms with Gasteiger partial charge in [0.05, 0.1) is 32.1 Å². The van der Waals surface area contributed by atoms with Gasteiger partial charge in [-0.25, -0.2) is 12.8 Å². The smallest absolute Gasteiger partial charge is 0.245 e. The van der Waals surface area contributed by atoms with Crippen LogP contribution in [0.3, 0.4) is 0 Å². The molecule has 0 aliphatic carbocycles. The summed E-state index contributed by atoms with van der Waals surface area (Å²) in [5, 5.41) is 0. The highest BCUT2D eigenvalue weighted by Gasteiger charge is 2.61. The highest BCUT2D eigenvalue weighted by molar-refractivity contribution is 9.10. The van der Waals surface area contributed by atoms with Crippen molar-refractivity contribution in [1.82, 2.24) is 4.90 Å². The van der Waals surface area contributed by atoms with E-state index in [1.165, 1.54) is 49.5 Å². The van der Waals surface area contributed by atoms with Gasteiger partial charge in [0.1, 0.15) is 17.3 Å². The van der Waals surface area contributed by atoms with E-state index in [0.717, 1.165) is 0 Å². The molecule has 2 aromatic carbocycles. The van der Waals surface area contributed by atoms with E-state index in [4.69, 9.17) is 9.47 Å². The first-order valence-corrected chi connectivity index (χ1v) is 13.4. The summed E-state index contributed by atoms with van der Waals surface area (Å²) in [5.41, 5.74) is -0.781. The number of benzene rings is 2. The Morgan fingerprint density at radius 3 is 2.34 bits per heavy atom. The molecule has 0 N–H and O–H groups in total. The molecule has 6 nitrogen and oxygen atoms in total. The van der Waals surface area contributed by atoms with Crippen molar-refractivity contribution in [2.24, 2.45) is 0 Å². The molecule has 1 aliphatic rings. The van der Waals surface area contributed by atoms with Gasteiger partial charge in [0, 0.05) is 21.7 Å². The number of carbonyl (C=O) groups is 1. The second-order valence-electron chi connectivity index (χ2n) is 8.71. The Morgan fingerprint density at radius 1 is 1.11 bits per heavy atom. The van der Waals surface area contributed by atoms with Crippen LogP contribution in [0.4, 0.5) is 4.39 Å². The molecule has 1 aliphatic heterocycles. The van der Waals surface area contributed by atoms with Gasteiger partial charge in [0.2, 0.25) is 5.91 Å². The summed E-state index contributed by atoms with van der Waals surface area (Å²) < 4.78 is 52.3. The van der Waals surface area contributed by atoms with Crippen molar-refractivity contribution in [2.75, 3.05) is 20.0 Å². The fourth-order valence-corrected chi connectivity index (χ4v) is 7.51. The zero-order valence-corrected chi connectivity index (χ0v) is 22.4. The second-order valence-corrected chi connectivity index (χ2v) is 11.9. The van der Waals surface area contributed by atoms with Crippen LogP contribution in [0.2, 0.25) is 0 Å². The third-order valence-electron chi connectivity index (χ3n) is 6.58. The molecule has 1 heterocycles. The van der Waals surface area contributed by atoms with Crippen LogP contribution in [0.25, 0.3) is 0 Å².